The summed E-state index contributed by atoms with van der Waals surface area (Å²) < 4.78 is 0. The number of nitrogens with one attached hydrogen (secondary N) is 1. The van der Waals surface area contributed by atoms with Crippen LogP contribution in [0.5, 0.6) is 0 Å². The summed E-state index contributed by atoms with van der Waals surface area (Å²) in [5.41, 5.74) is 3.26. The number of fused-ring (bicyclic) bond motifs is 2. The van der Waals surface area contributed by atoms with E-state index in [0.29, 0.717) is 5.41 Å². The Labute approximate surface area is 72.0 Å². The van der Waals surface area contributed by atoms with Gasteiger partial charge in [-0.05, 0) is 24.5 Å². The molecule has 2 aliphatic rings. The van der Waals surface area contributed by atoms with Crippen molar-refractivity contribution in [1.82, 2.24) is 4.98 Å². The number of anilines is 1. The molecule has 1 aliphatic heterocycles. The van der Waals surface area contributed by atoms with Gasteiger partial charge in [-0.25, -0.2) is 0 Å². The Morgan fingerprint density at radius 3 is 3.08 bits per heavy atom. The first-order valence-corrected chi connectivity index (χ1v) is 4.59. The molecule has 1 aromatic heterocycles. The van der Waals surface area contributed by atoms with Gasteiger partial charge < -0.3 is 5.32 Å². The highest BCUT2D eigenvalue weighted by atomic mass is 15.0. The molecule has 0 unspecified atom stereocenters. The number of hydrogen-bond acceptors (Lipinski definition) is 2. The van der Waals surface area contributed by atoms with Crippen LogP contribution in [0.1, 0.15) is 24.8 Å². The fourth-order valence-electron chi connectivity index (χ4n) is 2.41. The molecule has 0 atom stereocenters. The fourth-order valence-corrected chi connectivity index (χ4v) is 2.41. The zero-order valence-electron chi connectivity index (χ0n) is 7.01. The van der Waals surface area contributed by atoms with Gasteiger partial charge in [-0.15, -0.1) is 0 Å². The summed E-state index contributed by atoms with van der Waals surface area (Å²) in [5, 5.41) is 3.43. The quantitative estimate of drug-likeness (QED) is 0.627. The third-order valence-corrected chi connectivity index (χ3v) is 3.32. The highest BCUT2D eigenvalue weighted by Crippen LogP contribution is 2.49. The van der Waals surface area contributed by atoms with Gasteiger partial charge in [0.05, 0.1) is 11.9 Å². The van der Waals surface area contributed by atoms with Crippen LogP contribution in [0.4, 0.5) is 5.69 Å². The normalized spacial score (nSPS) is 23.0. The van der Waals surface area contributed by atoms with Gasteiger partial charge in [0.25, 0.3) is 0 Å². The Bertz CT molecular complexity index is 315. The van der Waals surface area contributed by atoms with E-state index in [4.69, 9.17) is 0 Å². The predicted octanol–water partition coefficient (Wildman–Crippen LogP) is 1.93. The van der Waals surface area contributed by atoms with Crippen molar-refractivity contribution in [2.75, 3.05) is 11.9 Å². The molecule has 3 rings (SSSR count). The maximum Gasteiger partial charge on any atom is 0.0565 e. The van der Waals surface area contributed by atoms with E-state index in [9.17, 15) is 0 Å². The van der Waals surface area contributed by atoms with E-state index >= 15 is 0 Å². The predicted molar refractivity (Wildman–Crippen MR) is 48.3 cm³/mol. The van der Waals surface area contributed by atoms with Crippen molar-refractivity contribution in [3.05, 3.63) is 24.0 Å². The number of nitrogens with zero attached hydrogens (tertiary/aromatic N) is 1. The third kappa shape index (κ3) is 0.631. The Morgan fingerprint density at radius 1 is 1.42 bits per heavy atom. The van der Waals surface area contributed by atoms with Gasteiger partial charge in [-0.3, -0.25) is 4.98 Å². The van der Waals surface area contributed by atoms with Crippen molar-refractivity contribution in [1.29, 1.82) is 0 Å². The summed E-state index contributed by atoms with van der Waals surface area (Å²) in [6, 6.07) is 2.18. The first-order valence-electron chi connectivity index (χ1n) is 4.59. The van der Waals surface area contributed by atoms with Crippen molar-refractivity contribution >= 4 is 5.69 Å². The SMILES string of the molecule is c1cc2c(cn1)NCC21CCC1. The molecule has 1 spiro atoms. The van der Waals surface area contributed by atoms with Gasteiger partial charge in [-0.2, -0.15) is 0 Å². The number of rotatable bonds is 0. The summed E-state index contributed by atoms with van der Waals surface area (Å²) in [6.07, 6.45) is 7.96. The van der Waals surface area contributed by atoms with Gasteiger partial charge in [0.2, 0.25) is 0 Å². The molecule has 0 saturated heterocycles. The van der Waals surface area contributed by atoms with Crippen LogP contribution in [0, 0.1) is 0 Å². The minimum Gasteiger partial charge on any atom is -0.383 e. The monoisotopic (exact) mass is 160 g/mol. The third-order valence-electron chi connectivity index (χ3n) is 3.32. The first kappa shape index (κ1) is 6.46. The molecule has 1 saturated carbocycles. The average Bonchev–Trinajstić information content (AvgIpc) is 2.42. The van der Waals surface area contributed by atoms with Crippen molar-refractivity contribution in [2.45, 2.75) is 24.7 Å². The van der Waals surface area contributed by atoms with Crippen LogP contribution in [0.2, 0.25) is 0 Å². The molecule has 62 valence electrons. The smallest absolute Gasteiger partial charge is 0.0565 e. The molecule has 1 aromatic rings. The average molecular weight is 160 g/mol. The van der Waals surface area contributed by atoms with Gasteiger partial charge in [0.1, 0.15) is 0 Å². The zero-order chi connectivity index (χ0) is 8.02. The van der Waals surface area contributed by atoms with Crippen molar-refractivity contribution < 1.29 is 0 Å². The van der Waals surface area contributed by atoms with Crippen LogP contribution >= 0.6 is 0 Å². The molecular weight excluding hydrogens is 148 g/mol. The zero-order valence-corrected chi connectivity index (χ0v) is 7.01. The minimum atomic E-state index is 0.498. The van der Waals surface area contributed by atoms with E-state index in [1.54, 1.807) is 0 Å². The van der Waals surface area contributed by atoms with Gasteiger partial charge in [-0.1, -0.05) is 6.42 Å². The van der Waals surface area contributed by atoms with Gasteiger partial charge >= 0.3 is 0 Å². The molecular formula is C10H12N2. The topological polar surface area (TPSA) is 24.9 Å². The summed E-state index contributed by atoms with van der Waals surface area (Å²) in [4.78, 5) is 4.12. The van der Waals surface area contributed by atoms with Crippen LogP contribution in [-0.4, -0.2) is 11.5 Å². The Morgan fingerprint density at radius 2 is 2.33 bits per heavy atom. The summed E-state index contributed by atoms with van der Waals surface area (Å²) >= 11 is 0. The Balaban J connectivity index is 2.13. The van der Waals surface area contributed by atoms with E-state index in [1.165, 1.54) is 30.5 Å². The lowest BCUT2D eigenvalue weighted by atomic mass is 9.66. The Hall–Kier alpha value is -1.05. The molecule has 1 aliphatic carbocycles. The van der Waals surface area contributed by atoms with Crippen LogP contribution in [0.15, 0.2) is 18.5 Å². The van der Waals surface area contributed by atoms with Crippen molar-refractivity contribution in [2.24, 2.45) is 0 Å². The van der Waals surface area contributed by atoms with E-state index < -0.39 is 0 Å². The number of hydrogen-bond donors (Lipinski definition) is 1. The molecule has 2 heteroatoms. The van der Waals surface area contributed by atoms with E-state index in [1.807, 2.05) is 12.4 Å². The first-order chi connectivity index (χ1) is 5.91. The lowest BCUT2D eigenvalue weighted by Gasteiger charge is -2.38. The maximum atomic E-state index is 4.12. The number of aromatic nitrogens is 1. The lowest BCUT2D eigenvalue weighted by Crippen LogP contribution is -2.35. The molecule has 0 bridgehead atoms. The van der Waals surface area contributed by atoms with E-state index in [2.05, 4.69) is 16.4 Å². The largest absolute Gasteiger partial charge is 0.383 e. The van der Waals surface area contributed by atoms with Gasteiger partial charge in [0.15, 0.2) is 0 Å². The molecule has 0 amide bonds. The molecule has 2 nitrogen and oxygen atoms in total. The molecule has 1 N–H and O–H groups in total. The van der Waals surface area contributed by atoms with Crippen LogP contribution in [0.3, 0.4) is 0 Å². The summed E-state index contributed by atoms with van der Waals surface area (Å²) in [6.45, 7) is 1.13. The Kier molecular flexibility index (Phi) is 1.08. The highest BCUT2D eigenvalue weighted by molar-refractivity contribution is 5.59. The molecule has 2 heterocycles. The van der Waals surface area contributed by atoms with E-state index in [0.717, 1.165) is 6.54 Å². The second kappa shape index (κ2) is 2.00. The van der Waals surface area contributed by atoms with Crippen molar-refractivity contribution in [3.63, 3.8) is 0 Å². The minimum absolute atomic E-state index is 0.498. The maximum absolute atomic E-state index is 4.12. The molecule has 12 heavy (non-hydrogen) atoms. The number of pyridine rings is 1. The summed E-state index contributed by atoms with van der Waals surface area (Å²) in [7, 11) is 0. The molecule has 1 fully saturated rings. The highest BCUT2D eigenvalue weighted by Gasteiger charge is 2.43. The summed E-state index contributed by atoms with van der Waals surface area (Å²) in [5.74, 6) is 0. The van der Waals surface area contributed by atoms with E-state index in [-0.39, 0.29) is 0 Å². The van der Waals surface area contributed by atoms with Crippen LogP contribution in [0.25, 0.3) is 0 Å². The van der Waals surface area contributed by atoms with Crippen LogP contribution in [-0.2, 0) is 5.41 Å². The standard InChI is InChI=1S/C10H12N2/c1-3-10(4-1)7-12-9-6-11-5-2-8(9)10/h2,5-6,12H,1,3-4,7H2. The second-order valence-electron chi connectivity index (χ2n) is 3.91. The van der Waals surface area contributed by atoms with Crippen LogP contribution < -0.4 is 5.32 Å². The molecule has 0 aromatic carbocycles. The van der Waals surface area contributed by atoms with Crippen molar-refractivity contribution in [3.8, 4) is 0 Å². The van der Waals surface area contributed by atoms with Gasteiger partial charge in [0, 0.05) is 18.2 Å². The fraction of sp³-hybridized carbons (Fsp3) is 0.500. The molecule has 0 radical (unpaired) electrons. The lowest BCUT2D eigenvalue weighted by molar-refractivity contribution is 0.272. The second-order valence-corrected chi connectivity index (χ2v) is 3.91.